The maximum Gasteiger partial charge on any atom is 0.432 e. The van der Waals surface area contributed by atoms with Crippen LogP contribution in [0.4, 0.5) is 18.0 Å². The molecule has 0 spiro atoms. The first-order valence-electron chi connectivity index (χ1n) is 9.80. The SMILES string of the molecule is CO[C@@](C(=O)O[C@@H]1C[C@H]2CC[C@@H]1N2C(=O)OC(C)(C)C)(c1ccccc1)C(F)(F)F. The molecule has 2 bridgehead atoms. The largest absolute Gasteiger partial charge is 0.457 e. The Morgan fingerprint density at radius 2 is 1.70 bits per heavy atom. The predicted molar refractivity (Wildman–Crippen MR) is 101 cm³/mol. The van der Waals surface area contributed by atoms with Gasteiger partial charge in [-0.1, -0.05) is 30.3 Å². The Kier molecular flexibility index (Phi) is 5.79. The fraction of sp³-hybridized carbons (Fsp3) is 0.619. The Hall–Kier alpha value is -2.29. The number of hydrogen-bond donors (Lipinski definition) is 0. The van der Waals surface area contributed by atoms with Crippen molar-refractivity contribution in [3.8, 4) is 0 Å². The molecule has 0 saturated carbocycles. The summed E-state index contributed by atoms with van der Waals surface area (Å²) in [6.45, 7) is 5.20. The molecule has 2 aliphatic heterocycles. The lowest BCUT2D eigenvalue weighted by Crippen LogP contribution is -2.53. The first kappa shape index (κ1) is 22.4. The topological polar surface area (TPSA) is 65.1 Å². The number of ether oxygens (including phenoxy) is 3. The minimum absolute atomic E-state index is 0.234. The Morgan fingerprint density at radius 3 is 2.23 bits per heavy atom. The number of carbonyl (C=O) groups excluding carboxylic acids is 2. The highest BCUT2D eigenvalue weighted by Crippen LogP contribution is 2.45. The minimum atomic E-state index is -5.04. The molecule has 2 saturated heterocycles. The van der Waals surface area contributed by atoms with Crippen LogP contribution in [0.15, 0.2) is 30.3 Å². The molecule has 6 nitrogen and oxygen atoms in total. The Morgan fingerprint density at radius 1 is 1.07 bits per heavy atom. The van der Waals surface area contributed by atoms with Crippen molar-refractivity contribution < 1.29 is 37.0 Å². The molecule has 1 aromatic carbocycles. The van der Waals surface area contributed by atoms with Crippen LogP contribution >= 0.6 is 0 Å². The zero-order valence-corrected chi connectivity index (χ0v) is 17.4. The maximum absolute atomic E-state index is 14.1. The smallest absolute Gasteiger partial charge is 0.432 e. The highest BCUT2D eigenvalue weighted by Gasteiger charge is 2.65. The van der Waals surface area contributed by atoms with Crippen molar-refractivity contribution in [1.82, 2.24) is 4.90 Å². The molecule has 166 valence electrons. The van der Waals surface area contributed by atoms with Crippen LogP contribution in [0.2, 0.25) is 0 Å². The van der Waals surface area contributed by atoms with Crippen LogP contribution in [-0.2, 0) is 24.6 Å². The number of halogens is 3. The van der Waals surface area contributed by atoms with Crippen LogP contribution in [0.1, 0.15) is 45.6 Å². The van der Waals surface area contributed by atoms with Gasteiger partial charge in [0.2, 0.25) is 0 Å². The van der Waals surface area contributed by atoms with E-state index in [1.165, 1.54) is 29.2 Å². The second-order valence-corrected chi connectivity index (χ2v) is 8.61. The third-order valence-electron chi connectivity index (χ3n) is 5.52. The molecule has 0 aromatic heterocycles. The van der Waals surface area contributed by atoms with E-state index in [0.717, 1.165) is 7.11 Å². The van der Waals surface area contributed by atoms with Crippen molar-refractivity contribution in [2.45, 2.75) is 75.6 Å². The molecule has 9 heteroatoms. The number of alkyl halides is 3. The third-order valence-corrected chi connectivity index (χ3v) is 5.52. The van der Waals surface area contributed by atoms with Crippen molar-refractivity contribution in [3.05, 3.63) is 35.9 Å². The summed E-state index contributed by atoms with van der Waals surface area (Å²) < 4.78 is 57.7. The summed E-state index contributed by atoms with van der Waals surface area (Å²) >= 11 is 0. The van der Waals surface area contributed by atoms with Gasteiger partial charge in [0.1, 0.15) is 11.7 Å². The Labute approximate surface area is 173 Å². The van der Waals surface area contributed by atoms with E-state index < -0.39 is 41.6 Å². The number of benzene rings is 1. The first-order chi connectivity index (χ1) is 13.9. The number of fused-ring (bicyclic) bond motifs is 2. The predicted octanol–water partition coefficient (Wildman–Crippen LogP) is 4.17. The summed E-state index contributed by atoms with van der Waals surface area (Å²) in [5, 5.41) is 0. The molecule has 4 atom stereocenters. The van der Waals surface area contributed by atoms with Gasteiger partial charge in [-0.15, -0.1) is 0 Å². The molecule has 3 rings (SSSR count). The Bertz CT molecular complexity index is 792. The van der Waals surface area contributed by atoms with Gasteiger partial charge in [-0.2, -0.15) is 13.2 Å². The van der Waals surface area contributed by atoms with Gasteiger partial charge in [0, 0.05) is 25.1 Å². The number of nitrogens with zero attached hydrogens (tertiary/aromatic N) is 1. The van der Waals surface area contributed by atoms with Crippen LogP contribution in [-0.4, -0.2) is 54.0 Å². The van der Waals surface area contributed by atoms with Crippen LogP contribution < -0.4 is 0 Å². The molecular weight excluding hydrogens is 403 g/mol. The minimum Gasteiger partial charge on any atom is -0.457 e. The number of carbonyl (C=O) groups is 2. The number of amides is 1. The summed E-state index contributed by atoms with van der Waals surface area (Å²) in [5.41, 5.74) is -4.32. The summed E-state index contributed by atoms with van der Waals surface area (Å²) in [6, 6.07) is 5.92. The van der Waals surface area contributed by atoms with Crippen LogP contribution in [0.25, 0.3) is 0 Å². The van der Waals surface area contributed by atoms with E-state index in [1.807, 2.05) is 0 Å². The van der Waals surface area contributed by atoms with E-state index in [-0.39, 0.29) is 18.0 Å². The number of methoxy groups -OCH3 is 1. The van der Waals surface area contributed by atoms with E-state index in [4.69, 9.17) is 14.2 Å². The third kappa shape index (κ3) is 3.87. The van der Waals surface area contributed by atoms with Crippen molar-refractivity contribution in [2.75, 3.05) is 7.11 Å². The van der Waals surface area contributed by atoms with Gasteiger partial charge in [-0.05, 0) is 33.6 Å². The van der Waals surface area contributed by atoms with E-state index in [1.54, 1.807) is 26.8 Å². The van der Waals surface area contributed by atoms with E-state index >= 15 is 0 Å². The van der Waals surface area contributed by atoms with Crippen molar-refractivity contribution in [2.24, 2.45) is 0 Å². The zero-order valence-electron chi connectivity index (χ0n) is 17.4. The van der Waals surface area contributed by atoms with Gasteiger partial charge in [0.05, 0.1) is 6.04 Å². The molecule has 0 radical (unpaired) electrons. The maximum atomic E-state index is 14.1. The first-order valence-corrected chi connectivity index (χ1v) is 9.80. The van der Waals surface area contributed by atoms with Crippen LogP contribution in [0, 0.1) is 0 Å². The lowest BCUT2D eigenvalue weighted by atomic mass is 9.92. The molecule has 2 heterocycles. The second-order valence-electron chi connectivity index (χ2n) is 8.61. The van der Waals surface area contributed by atoms with Gasteiger partial charge in [0.25, 0.3) is 5.60 Å². The molecule has 0 unspecified atom stereocenters. The molecule has 30 heavy (non-hydrogen) atoms. The van der Waals surface area contributed by atoms with Gasteiger partial charge in [-0.25, -0.2) is 9.59 Å². The molecule has 1 aromatic rings. The fourth-order valence-corrected chi connectivity index (χ4v) is 4.27. The Balaban J connectivity index is 1.83. The highest BCUT2D eigenvalue weighted by molar-refractivity contribution is 5.83. The normalized spacial score (nSPS) is 25.7. The molecule has 0 aliphatic carbocycles. The summed E-state index contributed by atoms with van der Waals surface area (Å²) in [7, 11) is 0.829. The number of hydrogen-bond acceptors (Lipinski definition) is 5. The van der Waals surface area contributed by atoms with Gasteiger partial charge >= 0.3 is 18.2 Å². The number of esters is 1. The van der Waals surface area contributed by atoms with Gasteiger partial charge in [-0.3, -0.25) is 4.90 Å². The monoisotopic (exact) mass is 429 g/mol. The lowest BCUT2D eigenvalue weighted by molar-refractivity contribution is -0.278. The van der Waals surface area contributed by atoms with E-state index in [9.17, 15) is 22.8 Å². The fourth-order valence-electron chi connectivity index (χ4n) is 4.27. The molecule has 2 aliphatic rings. The average molecular weight is 429 g/mol. The average Bonchev–Trinajstić information content (AvgIpc) is 3.19. The molecular formula is C21H26F3NO5. The van der Waals surface area contributed by atoms with E-state index in [0.29, 0.717) is 12.8 Å². The number of rotatable bonds is 4. The lowest BCUT2D eigenvalue weighted by Gasteiger charge is -2.34. The van der Waals surface area contributed by atoms with Crippen LogP contribution in [0.5, 0.6) is 0 Å². The van der Waals surface area contributed by atoms with Crippen molar-refractivity contribution in [3.63, 3.8) is 0 Å². The summed E-state index contributed by atoms with van der Waals surface area (Å²) in [5.74, 6) is -1.54. The van der Waals surface area contributed by atoms with Gasteiger partial charge < -0.3 is 14.2 Å². The van der Waals surface area contributed by atoms with Crippen LogP contribution in [0.3, 0.4) is 0 Å². The van der Waals surface area contributed by atoms with Crippen molar-refractivity contribution >= 4 is 12.1 Å². The van der Waals surface area contributed by atoms with Gasteiger partial charge in [0.15, 0.2) is 0 Å². The highest BCUT2D eigenvalue weighted by atomic mass is 19.4. The summed E-state index contributed by atoms with van der Waals surface area (Å²) in [4.78, 5) is 26.9. The zero-order chi connectivity index (χ0) is 22.3. The van der Waals surface area contributed by atoms with E-state index in [2.05, 4.69) is 0 Å². The standard InChI is InChI=1S/C21H26F3NO5/c1-19(2,3)30-18(27)25-14-10-11-15(25)16(12-14)29-17(26)20(28-4,21(22,23)24)13-8-6-5-7-9-13/h5-9,14-16H,10-12H2,1-4H3/t14-,15+,16-,20-/m1/s1. The quantitative estimate of drug-likeness (QED) is 0.672. The summed E-state index contributed by atoms with van der Waals surface area (Å²) in [6.07, 6.45) is -4.97. The second kappa shape index (κ2) is 7.76. The molecule has 0 N–H and O–H groups in total. The van der Waals surface area contributed by atoms with Crippen molar-refractivity contribution in [1.29, 1.82) is 0 Å². The molecule has 1 amide bonds. The molecule has 2 fully saturated rings.